The van der Waals surface area contributed by atoms with E-state index in [0.717, 1.165) is 25.3 Å². The lowest BCUT2D eigenvalue weighted by molar-refractivity contribution is -0.137. The number of carbonyl (C=O) groups excluding carboxylic acids is 1. The normalized spacial score (nSPS) is 31.7. The van der Waals surface area contributed by atoms with Crippen LogP contribution in [0.4, 0.5) is 18.9 Å². The van der Waals surface area contributed by atoms with Crippen LogP contribution in [0.25, 0.3) is 0 Å². The maximum atomic E-state index is 13.3. The monoisotopic (exact) mass is 395 g/mol. The molecule has 3 aliphatic rings. The Hall–Kier alpha value is -1.88. The number of nitrogens with zero attached hydrogens (tertiary/aromatic N) is 3. The van der Waals surface area contributed by atoms with E-state index in [1.807, 2.05) is 4.31 Å². The Kier molecular flexibility index (Phi) is 4.15. The van der Waals surface area contributed by atoms with E-state index in [1.54, 1.807) is 31.1 Å². The molecule has 0 aromatic heterocycles. The Morgan fingerprint density at radius 2 is 2.11 bits per heavy atom. The van der Waals surface area contributed by atoms with Gasteiger partial charge in [-0.3, -0.25) is 4.79 Å². The van der Waals surface area contributed by atoms with E-state index in [4.69, 9.17) is 5.26 Å². The second-order valence-electron chi connectivity index (χ2n) is 7.86. The summed E-state index contributed by atoms with van der Waals surface area (Å²) in [6.07, 6.45) is -1.46. The van der Waals surface area contributed by atoms with Crippen LogP contribution in [0.1, 0.15) is 30.4 Å². The van der Waals surface area contributed by atoms with Crippen molar-refractivity contribution in [1.82, 2.24) is 4.90 Å². The fraction of sp³-hybridized carbons (Fsp3) is 0.579. The van der Waals surface area contributed by atoms with Gasteiger partial charge >= 0.3 is 6.18 Å². The molecule has 1 amide bonds. The zero-order chi connectivity index (χ0) is 19.6. The molecule has 4 nitrogen and oxygen atoms in total. The van der Waals surface area contributed by atoms with E-state index < -0.39 is 16.5 Å². The lowest BCUT2D eigenvalue weighted by Gasteiger charge is -2.37. The molecule has 0 radical (unpaired) electrons. The van der Waals surface area contributed by atoms with Gasteiger partial charge in [-0.05, 0) is 61.2 Å². The molecule has 0 spiro atoms. The summed E-state index contributed by atoms with van der Waals surface area (Å²) in [5.74, 6) is 0.952. The summed E-state index contributed by atoms with van der Waals surface area (Å²) in [5.41, 5.74) is -0.892. The zero-order valence-corrected chi connectivity index (χ0v) is 15.9. The van der Waals surface area contributed by atoms with Crippen molar-refractivity contribution in [3.8, 4) is 6.07 Å². The largest absolute Gasteiger partial charge is 0.417 e. The summed E-state index contributed by atoms with van der Waals surface area (Å²) in [4.78, 5) is 14.7. The van der Waals surface area contributed by atoms with Crippen molar-refractivity contribution in [2.75, 3.05) is 24.9 Å². The smallest absolute Gasteiger partial charge is 0.348 e. The summed E-state index contributed by atoms with van der Waals surface area (Å²) in [6, 6.07) is 5.44. The van der Waals surface area contributed by atoms with E-state index in [0.29, 0.717) is 18.2 Å². The quantitative estimate of drug-likeness (QED) is 0.712. The number of halogens is 3. The van der Waals surface area contributed by atoms with Gasteiger partial charge in [0.05, 0.1) is 17.2 Å². The number of rotatable bonds is 2. The first-order valence-corrected chi connectivity index (χ1v) is 9.75. The van der Waals surface area contributed by atoms with Crippen molar-refractivity contribution in [3.63, 3.8) is 0 Å². The van der Waals surface area contributed by atoms with Crippen molar-refractivity contribution in [3.05, 3.63) is 29.3 Å². The molecule has 1 aromatic carbocycles. The Balaban J connectivity index is 1.72. The van der Waals surface area contributed by atoms with Gasteiger partial charge in [-0.1, -0.05) is 0 Å². The first-order valence-electron chi connectivity index (χ1n) is 8.98. The minimum Gasteiger partial charge on any atom is -0.348 e. The maximum absolute atomic E-state index is 13.3. The number of nitriles is 1. The molecule has 3 fully saturated rings. The molecular formula is C19H20F3N3OS. The number of amides is 1. The van der Waals surface area contributed by atoms with Crippen LogP contribution < -0.4 is 4.31 Å². The lowest BCUT2D eigenvalue weighted by Crippen LogP contribution is -2.50. The highest BCUT2D eigenvalue weighted by Crippen LogP contribution is 2.65. The lowest BCUT2D eigenvalue weighted by atomic mass is 9.77. The third-order valence-electron chi connectivity index (χ3n) is 6.28. The maximum Gasteiger partial charge on any atom is 0.417 e. The Labute approximate surface area is 160 Å². The van der Waals surface area contributed by atoms with Crippen molar-refractivity contribution in [2.45, 2.75) is 30.2 Å². The van der Waals surface area contributed by atoms with Crippen LogP contribution in [0.2, 0.25) is 0 Å². The van der Waals surface area contributed by atoms with Crippen LogP contribution >= 0.6 is 11.9 Å². The SMILES string of the molecule is CN(C)C(=O)[C@]12SN(c3ccc(C#N)c(C(F)(F)F)c3)C[C@H]1[C@H]1CC[C@@H]2C1. The first-order chi connectivity index (χ1) is 12.7. The van der Waals surface area contributed by atoms with Gasteiger partial charge in [-0.15, -0.1) is 0 Å². The van der Waals surface area contributed by atoms with E-state index in [9.17, 15) is 18.0 Å². The third kappa shape index (κ3) is 2.62. The van der Waals surface area contributed by atoms with Crippen LogP contribution in [-0.4, -0.2) is 36.2 Å². The number of benzene rings is 1. The van der Waals surface area contributed by atoms with E-state index in [-0.39, 0.29) is 23.3 Å². The van der Waals surface area contributed by atoms with Crippen molar-refractivity contribution in [2.24, 2.45) is 17.8 Å². The first kappa shape index (κ1) is 18.5. The minimum absolute atomic E-state index is 0.0666. The molecule has 27 heavy (non-hydrogen) atoms. The summed E-state index contributed by atoms with van der Waals surface area (Å²) >= 11 is 1.41. The fourth-order valence-electron chi connectivity index (χ4n) is 5.15. The molecule has 1 aliphatic heterocycles. The summed E-state index contributed by atoms with van der Waals surface area (Å²) in [6.45, 7) is 0.564. The molecule has 0 unspecified atom stereocenters. The molecule has 2 saturated carbocycles. The Morgan fingerprint density at radius 1 is 1.37 bits per heavy atom. The van der Waals surface area contributed by atoms with Crippen LogP contribution in [0.5, 0.6) is 0 Å². The number of anilines is 1. The van der Waals surface area contributed by atoms with Gasteiger partial charge < -0.3 is 9.21 Å². The summed E-state index contributed by atoms with van der Waals surface area (Å²) in [5, 5.41) is 9.00. The molecular weight excluding hydrogens is 375 g/mol. The number of carbonyl (C=O) groups is 1. The molecule has 2 aliphatic carbocycles. The minimum atomic E-state index is -4.59. The number of alkyl halides is 3. The third-order valence-corrected chi connectivity index (χ3v) is 7.97. The van der Waals surface area contributed by atoms with Gasteiger partial charge in [0.1, 0.15) is 4.75 Å². The standard InChI is InChI=1S/C19H20F3N3OS/c1-24(2)17(26)18-13-5-3-11(7-13)16(18)10-25(27-18)14-6-4-12(9-23)15(8-14)19(20,21)22/h4,6,8,11,13,16H,3,5,7,10H2,1-2H3/t11-,13+,16-,18+/m0/s1. The van der Waals surface area contributed by atoms with Crippen LogP contribution in [0.15, 0.2) is 18.2 Å². The van der Waals surface area contributed by atoms with Gasteiger partial charge in [0, 0.05) is 32.2 Å². The topological polar surface area (TPSA) is 47.3 Å². The molecule has 4 atom stereocenters. The molecule has 2 bridgehead atoms. The fourth-order valence-corrected chi connectivity index (χ4v) is 6.99. The molecule has 8 heteroatoms. The molecule has 1 heterocycles. The molecule has 4 rings (SSSR count). The second-order valence-corrected chi connectivity index (χ2v) is 9.16. The van der Waals surface area contributed by atoms with Gasteiger partial charge in [0.2, 0.25) is 5.91 Å². The van der Waals surface area contributed by atoms with Gasteiger partial charge in [0.15, 0.2) is 0 Å². The number of fused-ring (bicyclic) bond motifs is 5. The van der Waals surface area contributed by atoms with E-state index in [2.05, 4.69) is 0 Å². The number of hydrogen-bond acceptors (Lipinski definition) is 4. The van der Waals surface area contributed by atoms with Crippen molar-refractivity contribution < 1.29 is 18.0 Å². The molecule has 144 valence electrons. The molecule has 1 aromatic rings. The van der Waals surface area contributed by atoms with Gasteiger partial charge in [0.25, 0.3) is 0 Å². The molecule has 0 N–H and O–H groups in total. The summed E-state index contributed by atoms with van der Waals surface area (Å²) in [7, 11) is 3.49. The second kappa shape index (κ2) is 6.06. The van der Waals surface area contributed by atoms with Crippen LogP contribution in [0, 0.1) is 29.1 Å². The predicted molar refractivity (Wildman–Crippen MR) is 96.8 cm³/mol. The highest BCUT2D eigenvalue weighted by Gasteiger charge is 2.67. The van der Waals surface area contributed by atoms with Crippen molar-refractivity contribution in [1.29, 1.82) is 5.26 Å². The van der Waals surface area contributed by atoms with E-state index >= 15 is 0 Å². The molecule has 1 saturated heterocycles. The highest BCUT2D eigenvalue weighted by molar-refractivity contribution is 8.03. The highest BCUT2D eigenvalue weighted by atomic mass is 32.2. The van der Waals surface area contributed by atoms with Gasteiger partial charge in [-0.25, -0.2) is 0 Å². The van der Waals surface area contributed by atoms with Crippen molar-refractivity contribution >= 4 is 23.5 Å². The average Bonchev–Trinajstić information content (AvgIpc) is 3.31. The zero-order valence-electron chi connectivity index (χ0n) is 15.1. The van der Waals surface area contributed by atoms with Gasteiger partial charge in [-0.2, -0.15) is 18.4 Å². The Morgan fingerprint density at radius 3 is 2.74 bits per heavy atom. The summed E-state index contributed by atoms with van der Waals surface area (Å²) < 4.78 is 41.3. The van der Waals surface area contributed by atoms with Crippen LogP contribution in [0.3, 0.4) is 0 Å². The predicted octanol–water partition coefficient (Wildman–Crippen LogP) is 3.92. The number of hydrogen-bond donors (Lipinski definition) is 0. The van der Waals surface area contributed by atoms with E-state index in [1.165, 1.54) is 18.0 Å². The average molecular weight is 395 g/mol. The Bertz CT molecular complexity index is 834. The van der Waals surface area contributed by atoms with Crippen LogP contribution in [-0.2, 0) is 11.0 Å².